The van der Waals surface area contributed by atoms with Gasteiger partial charge in [-0.25, -0.2) is 0 Å². The van der Waals surface area contributed by atoms with E-state index in [0.717, 1.165) is 18.6 Å². The fraction of sp³-hybridized carbons (Fsp3) is 0.600. The van der Waals surface area contributed by atoms with Crippen molar-refractivity contribution in [2.45, 2.75) is 50.8 Å². The monoisotopic (exact) mass is 254 g/mol. The van der Waals surface area contributed by atoms with Gasteiger partial charge in [0.2, 0.25) is 0 Å². The molecule has 0 amide bonds. The Bertz CT molecular complexity index is 312. The van der Waals surface area contributed by atoms with Gasteiger partial charge >= 0.3 is 0 Å². The summed E-state index contributed by atoms with van der Waals surface area (Å²) in [5, 5.41) is 0.225. The number of hydrogen-bond acceptors (Lipinski definition) is 1. The summed E-state index contributed by atoms with van der Waals surface area (Å²) >= 11 is 6.37. The standard InChI is InChI=1S/C15H23ClO/c1-3-4-5-6-10-14(16)12-13-9-7-8-11-15(13)17-2/h7-9,11,14H,3-6,10,12H2,1-2H3. The highest BCUT2D eigenvalue weighted by Gasteiger charge is 2.09. The molecular weight excluding hydrogens is 232 g/mol. The van der Waals surface area contributed by atoms with Crippen molar-refractivity contribution in [2.24, 2.45) is 0 Å². The number of hydrogen-bond donors (Lipinski definition) is 0. The molecule has 0 heterocycles. The highest BCUT2D eigenvalue weighted by molar-refractivity contribution is 6.20. The summed E-state index contributed by atoms with van der Waals surface area (Å²) in [6.07, 6.45) is 7.12. The lowest BCUT2D eigenvalue weighted by Crippen LogP contribution is -2.04. The summed E-state index contributed by atoms with van der Waals surface area (Å²) in [7, 11) is 1.71. The van der Waals surface area contributed by atoms with Crippen LogP contribution in [0.2, 0.25) is 0 Å². The Morgan fingerprint density at radius 2 is 1.94 bits per heavy atom. The first-order chi connectivity index (χ1) is 8.27. The number of alkyl halides is 1. The summed E-state index contributed by atoms with van der Waals surface area (Å²) in [4.78, 5) is 0. The molecule has 0 saturated heterocycles. The molecule has 0 saturated carbocycles. The van der Waals surface area contributed by atoms with Crippen LogP contribution in [0, 0.1) is 0 Å². The van der Waals surface area contributed by atoms with E-state index in [2.05, 4.69) is 13.0 Å². The molecule has 1 aromatic rings. The first-order valence-electron chi connectivity index (χ1n) is 6.54. The Labute approximate surface area is 110 Å². The second-order valence-corrected chi connectivity index (χ2v) is 5.08. The number of halogens is 1. The summed E-state index contributed by atoms with van der Waals surface area (Å²) in [6.45, 7) is 2.23. The van der Waals surface area contributed by atoms with Gasteiger partial charge < -0.3 is 4.74 Å². The first kappa shape index (κ1) is 14.4. The number of para-hydroxylation sites is 1. The number of rotatable bonds is 8. The van der Waals surface area contributed by atoms with E-state index >= 15 is 0 Å². The van der Waals surface area contributed by atoms with Crippen molar-refractivity contribution in [3.05, 3.63) is 29.8 Å². The largest absolute Gasteiger partial charge is 0.496 e. The molecule has 0 aliphatic carbocycles. The molecule has 0 bridgehead atoms. The fourth-order valence-electron chi connectivity index (χ4n) is 2.00. The molecule has 96 valence electrons. The van der Waals surface area contributed by atoms with Gasteiger partial charge in [-0.3, -0.25) is 0 Å². The molecule has 0 N–H and O–H groups in total. The molecule has 0 fully saturated rings. The van der Waals surface area contributed by atoms with Crippen molar-refractivity contribution in [1.29, 1.82) is 0 Å². The van der Waals surface area contributed by atoms with Crippen molar-refractivity contribution >= 4 is 11.6 Å². The molecule has 1 rings (SSSR count). The van der Waals surface area contributed by atoms with Crippen molar-refractivity contribution in [2.75, 3.05) is 7.11 Å². The molecular formula is C15H23ClO. The summed E-state index contributed by atoms with van der Waals surface area (Å²) in [6, 6.07) is 8.13. The number of unbranched alkanes of at least 4 members (excludes halogenated alkanes) is 3. The van der Waals surface area contributed by atoms with Crippen LogP contribution < -0.4 is 4.74 Å². The summed E-state index contributed by atoms with van der Waals surface area (Å²) < 4.78 is 5.33. The number of benzene rings is 1. The molecule has 0 aliphatic rings. The molecule has 1 atom stereocenters. The van der Waals surface area contributed by atoms with E-state index in [1.807, 2.05) is 18.2 Å². The van der Waals surface area contributed by atoms with Gasteiger partial charge in [-0.05, 0) is 24.5 Å². The smallest absolute Gasteiger partial charge is 0.122 e. The van der Waals surface area contributed by atoms with Crippen LogP contribution in [0.25, 0.3) is 0 Å². The Kier molecular flexibility index (Phi) is 7.11. The van der Waals surface area contributed by atoms with Crippen LogP contribution in [0.1, 0.15) is 44.6 Å². The molecule has 17 heavy (non-hydrogen) atoms. The Hall–Kier alpha value is -0.690. The van der Waals surface area contributed by atoms with E-state index in [-0.39, 0.29) is 5.38 Å². The lowest BCUT2D eigenvalue weighted by molar-refractivity contribution is 0.409. The minimum absolute atomic E-state index is 0.225. The van der Waals surface area contributed by atoms with Gasteiger partial charge in [-0.2, -0.15) is 0 Å². The van der Waals surface area contributed by atoms with Crippen LogP contribution >= 0.6 is 11.6 Å². The summed E-state index contributed by atoms with van der Waals surface area (Å²) in [5.41, 5.74) is 1.21. The first-order valence-corrected chi connectivity index (χ1v) is 6.97. The fourth-order valence-corrected chi connectivity index (χ4v) is 2.33. The van der Waals surface area contributed by atoms with E-state index in [9.17, 15) is 0 Å². The number of methoxy groups -OCH3 is 1. The average molecular weight is 255 g/mol. The third-order valence-electron chi connectivity index (χ3n) is 3.00. The topological polar surface area (TPSA) is 9.23 Å². The zero-order valence-electron chi connectivity index (χ0n) is 10.9. The lowest BCUT2D eigenvalue weighted by Gasteiger charge is -2.12. The maximum absolute atomic E-state index is 6.37. The zero-order chi connectivity index (χ0) is 12.5. The summed E-state index contributed by atoms with van der Waals surface area (Å²) in [5.74, 6) is 0.951. The van der Waals surface area contributed by atoms with Gasteiger partial charge in [0.15, 0.2) is 0 Å². The molecule has 0 aliphatic heterocycles. The molecule has 0 radical (unpaired) electrons. The SMILES string of the molecule is CCCCCCC(Cl)Cc1ccccc1OC. The van der Waals surface area contributed by atoms with Gasteiger partial charge in [-0.1, -0.05) is 50.8 Å². The van der Waals surface area contributed by atoms with Gasteiger partial charge in [0.05, 0.1) is 7.11 Å². The van der Waals surface area contributed by atoms with Crippen LogP contribution in [0.3, 0.4) is 0 Å². The van der Waals surface area contributed by atoms with Crippen molar-refractivity contribution < 1.29 is 4.74 Å². The predicted molar refractivity (Wildman–Crippen MR) is 75.1 cm³/mol. The van der Waals surface area contributed by atoms with Crippen molar-refractivity contribution in [3.8, 4) is 5.75 Å². The Balaban J connectivity index is 2.36. The van der Waals surface area contributed by atoms with E-state index in [1.165, 1.54) is 31.2 Å². The quantitative estimate of drug-likeness (QED) is 0.478. The predicted octanol–water partition coefficient (Wildman–Crippen LogP) is 4.82. The van der Waals surface area contributed by atoms with Crippen LogP contribution in [0.15, 0.2) is 24.3 Å². The minimum Gasteiger partial charge on any atom is -0.496 e. The zero-order valence-corrected chi connectivity index (χ0v) is 11.7. The molecule has 1 nitrogen and oxygen atoms in total. The Morgan fingerprint density at radius 1 is 1.18 bits per heavy atom. The minimum atomic E-state index is 0.225. The van der Waals surface area contributed by atoms with Crippen molar-refractivity contribution in [1.82, 2.24) is 0 Å². The van der Waals surface area contributed by atoms with E-state index in [0.29, 0.717) is 0 Å². The maximum atomic E-state index is 6.37. The second kappa shape index (κ2) is 8.41. The maximum Gasteiger partial charge on any atom is 0.122 e. The second-order valence-electron chi connectivity index (χ2n) is 4.46. The van der Waals surface area contributed by atoms with E-state index in [4.69, 9.17) is 16.3 Å². The van der Waals surface area contributed by atoms with Crippen LogP contribution in [-0.4, -0.2) is 12.5 Å². The van der Waals surface area contributed by atoms with Gasteiger partial charge in [-0.15, -0.1) is 11.6 Å². The third-order valence-corrected chi connectivity index (χ3v) is 3.38. The molecule has 1 unspecified atom stereocenters. The molecule has 1 aromatic carbocycles. The normalized spacial score (nSPS) is 12.4. The average Bonchev–Trinajstić information content (AvgIpc) is 2.35. The van der Waals surface area contributed by atoms with Gasteiger partial charge in [0.1, 0.15) is 5.75 Å². The Morgan fingerprint density at radius 3 is 2.65 bits per heavy atom. The highest BCUT2D eigenvalue weighted by Crippen LogP contribution is 2.22. The van der Waals surface area contributed by atoms with Gasteiger partial charge in [0.25, 0.3) is 0 Å². The highest BCUT2D eigenvalue weighted by atomic mass is 35.5. The van der Waals surface area contributed by atoms with Crippen LogP contribution in [0.4, 0.5) is 0 Å². The molecule has 0 spiro atoms. The van der Waals surface area contributed by atoms with E-state index in [1.54, 1.807) is 7.11 Å². The van der Waals surface area contributed by atoms with Crippen LogP contribution in [0.5, 0.6) is 5.75 Å². The van der Waals surface area contributed by atoms with Crippen LogP contribution in [-0.2, 0) is 6.42 Å². The molecule has 0 aromatic heterocycles. The van der Waals surface area contributed by atoms with Gasteiger partial charge in [0, 0.05) is 5.38 Å². The van der Waals surface area contributed by atoms with E-state index < -0.39 is 0 Å². The lowest BCUT2D eigenvalue weighted by atomic mass is 10.0. The van der Waals surface area contributed by atoms with Crippen molar-refractivity contribution in [3.63, 3.8) is 0 Å². The number of ether oxygens (including phenoxy) is 1. The molecule has 2 heteroatoms. The third kappa shape index (κ3) is 5.45.